The number of hydrogen-bond acceptors (Lipinski definition) is 4. The van der Waals surface area contributed by atoms with Gasteiger partial charge in [0.2, 0.25) is 0 Å². The van der Waals surface area contributed by atoms with Gasteiger partial charge in [-0.05, 0) is 25.5 Å². The third-order valence-electron chi connectivity index (χ3n) is 3.18. The fraction of sp³-hybridized carbons (Fsp3) is 0.818. The lowest BCUT2D eigenvalue weighted by Gasteiger charge is -2.37. The first-order valence-electron chi connectivity index (χ1n) is 5.31. The third-order valence-corrected chi connectivity index (χ3v) is 4.46. The van der Waals surface area contributed by atoms with Gasteiger partial charge in [0.15, 0.2) is 0 Å². The van der Waals surface area contributed by atoms with Crippen molar-refractivity contribution in [1.82, 2.24) is 4.90 Å². The maximum atomic E-state index is 9.13. The fourth-order valence-electron chi connectivity index (χ4n) is 1.99. The van der Waals surface area contributed by atoms with E-state index in [0.29, 0.717) is 0 Å². The molecule has 1 aliphatic rings. The van der Waals surface area contributed by atoms with E-state index in [1.54, 1.807) is 11.8 Å². The molecule has 0 saturated carbocycles. The number of likely N-dealkylation sites (tertiary alicyclic amines) is 1. The van der Waals surface area contributed by atoms with Gasteiger partial charge < -0.3 is 0 Å². The first-order chi connectivity index (χ1) is 7.21. The molecule has 15 heavy (non-hydrogen) atoms. The van der Waals surface area contributed by atoms with Crippen LogP contribution >= 0.6 is 11.8 Å². The molecule has 0 spiro atoms. The minimum absolute atomic E-state index is 0.0311. The molecule has 1 aliphatic heterocycles. The Hall–Kier alpha value is -0.710. The summed E-state index contributed by atoms with van der Waals surface area (Å²) in [6.07, 6.45) is 4.63. The molecule has 82 valence electrons. The molecular formula is C11H17N3S. The highest BCUT2D eigenvalue weighted by Crippen LogP contribution is 2.34. The summed E-state index contributed by atoms with van der Waals surface area (Å²) in [6.45, 7) is 3.79. The van der Waals surface area contributed by atoms with Crippen molar-refractivity contribution in [3.63, 3.8) is 0 Å². The minimum Gasteiger partial charge on any atom is -0.288 e. The average molecular weight is 223 g/mol. The Labute approximate surface area is 96.1 Å². The molecule has 0 aliphatic carbocycles. The summed E-state index contributed by atoms with van der Waals surface area (Å²) in [5.41, 5.74) is 0. The number of thioether (sulfide) groups is 1. The molecule has 4 heteroatoms. The fourth-order valence-corrected chi connectivity index (χ4v) is 2.67. The Kier molecular flexibility index (Phi) is 4.45. The number of nitrogens with zero attached hydrogens (tertiary/aromatic N) is 3. The van der Waals surface area contributed by atoms with Crippen molar-refractivity contribution in [2.45, 2.75) is 37.0 Å². The van der Waals surface area contributed by atoms with Gasteiger partial charge in [-0.25, -0.2) is 0 Å². The van der Waals surface area contributed by atoms with Crippen molar-refractivity contribution in [2.24, 2.45) is 0 Å². The number of piperidine rings is 1. The standard InChI is InChI=1S/C11H17N3S/c1-3-10(8-12)14-6-4-11(9-13,15-2)5-7-14/h10H,3-7H2,1-2H3. The Morgan fingerprint density at radius 2 is 2.00 bits per heavy atom. The van der Waals surface area contributed by atoms with E-state index in [0.717, 1.165) is 32.4 Å². The zero-order chi connectivity index (χ0) is 11.3. The SMILES string of the molecule is CCC(C#N)N1CCC(C#N)(SC)CC1. The lowest BCUT2D eigenvalue weighted by molar-refractivity contribution is 0.182. The summed E-state index contributed by atoms with van der Waals surface area (Å²) >= 11 is 1.65. The molecule has 1 heterocycles. The van der Waals surface area contributed by atoms with Crippen LogP contribution < -0.4 is 0 Å². The molecule has 0 N–H and O–H groups in total. The summed E-state index contributed by atoms with van der Waals surface area (Å²) in [5.74, 6) is 0. The van der Waals surface area contributed by atoms with Crippen LogP contribution in [0, 0.1) is 22.7 Å². The smallest absolute Gasteiger partial charge is 0.104 e. The third kappa shape index (κ3) is 2.65. The van der Waals surface area contributed by atoms with Crippen molar-refractivity contribution in [1.29, 1.82) is 10.5 Å². The van der Waals surface area contributed by atoms with Gasteiger partial charge in [0.25, 0.3) is 0 Å². The van der Waals surface area contributed by atoms with Crippen molar-refractivity contribution < 1.29 is 0 Å². The quantitative estimate of drug-likeness (QED) is 0.734. The van der Waals surface area contributed by atoms with Crippen LogP contribution in [0.3, 0.4) is 0 Å². The van der Waals surface area contributed by atoms with Crippen LogP contribution in [-0.2, 0) is 0 Å². The molecule has 0 aromatic carbocycles. The van der Waals surface area contributed by atoms with Crippen LogP contribution in [0.5, 0.6) is 0 Å². The lowest BCUT2D eigenvalue weighted by Crippen LogP contribution is -2.45. The van der Waals surface area contributed by atoms with Crippen LogP contribution in [0.4, 0.5) is 0 Å². The maximum Gasteiger partial charge on any atom is 0.104 e. The largest absolute Gasteiger partial charge is 0.288 e. The van der Waals surface area contributed by atoms with E-state index >= 15 is 0 Å². The van der Waals surface area contributed by atoms with Gasteiger partial charge in [-0.1, -0.05) is 6.92 Å². The summed E-state index contributed by atoms with van der Waals surface area (Å²) < 4.78 is -0.204. The molecule has 1 atom stereocenters. The average Bonchev–Trinajstić information content (AvgIpc) is 2.32. The minimum atomic E-state index is -0.204. The molecule has 0 aromatic rings. The Morgan fingerprint density at radius 1 is 1.40 bits per heavy atom. The second kappa shape index (κ2) is 5.39. The van der Waals surface area contributed by atoms with Crippen LogP contribution in [-0.4, -0.2) is 35.0 Å². The Morgan fingerprint density at radius 3 is 2.33 bits per heavy atom. The van der Waals surface area contributed by atoms with E-state index in [4.69, 9.17) is 10.5 Å². The van der Waals surface area contributed by atoms with Crippen LogP contribution in [0.25, 0.3) is 0 Å². The van der Waals surface area contributed by atoms with E-state index in [2.05, 4.69) is 17.0 Å². The van der Waals surface area contributed by atoms with Crippen LogP contribution in [0.1, 0.15) is 26.2 Å². The van der Waals surface area contributed by atoms with Crippen molar-refractivity contribution in [3.05, 3.63) is 0 Å². The molecule has 0 aromatic heterocycles. The first-order valence-corrected chi connectivity index (χ1v) is 6.54. The van der Waals surface area contributed by atoms with Crippen LogP contribution in [0.2, 0.25) is 0 Å². The first kappa shape index (κ1) is 12.4. The Bertz CT molecular complexity index is 281. The summed E-state index contributed by atoms with van der Waals surface area (Å²) in [6, 6.07) is 4.77. The maximum absolute atomic E-state index is 9.13. The monoisotopic (exact) mass is 223 g/mol. The zero-order valence-electron chi connectivity index (χ0n) is 9.36. The molecule has 1 unspecified atom stereocenters. The molecule has 1 rings (SSSR count). The van der Waals surface area contributed by atoms with E-state index in [1.165, 1.54) is 0 Å². The number of nitriles is 2. The van der Waals surface area contributed by atoms with E-state index in [9.17, 15) is 0 Å². The molecule has 3 nitrogen and oxygen atoms in total. The second-order valence-corrected chi connectivity index (χ2v) is 5.09. The normalized spacial score (nSPS) is 22.7. The molecule has 0 radical (unpaired) electrons. The van der Waals surface area contributed by atoms with Gasteiger partial charge in [0, 0.05) is 13.1 Å². The van der Waals surface area contributed by atoms with Crippen molar-refractivity contribution in [3.8, 4) is 12.1 Å². The zero-order valence-corrected chi connectivity index (χ0v) is 10.2. The second-order valence-electron chi connectivity index (χ2n) is 3.90. The van der Waals surface area contributed by atoms with Gasteiger partial charge in [-0.15, -0.1) is 11.8 Å². The summed E-state index contributed by atoms with van der Waals surface area (Å²) in [7, 11) is 0. The topological polar surface area (TPSA) is 50.8 Å². The highest BCUT2D eigenvalue weighted by molar-refractivity contribution is 8.00. The number of hydrogen-bond donors (Lipinski definition) is 0. The van der Waals surface area contributed by atoms with Crippen molar-refractivity contribution >= 4 is 11.8 Å². The molecular weight excluding hydrogens is 206 g/mol. The molecule has 1 fully saturated rings. The number of rotatable bonds is 3. The van der Waals surface area contributed by atoms with Gasteiger partial charge >= 0.3 is 0 Å². The Balaban J connectivity index is 2.56. The predicted molar refractivity (Wildman–Crippen MR) is 62.4 cm³/mol. The highest BCUT2D eigenvalue weighted by Gasteiger charge is 2.35. The van der Waals surface area contributed by atoms with Gasteiger partial charge in [0.1, 0.15) is 4.75 Å². The van der Waals surface area contributed by atoms with Crippen LogP contribution in [0.15, 0.2) is 0 Å². The highest BCUT2D eigenvalue weighted by atomic mass is 32.2. The van der Waals surface area contributed by atoms with Gasteiger partial charge in [0.05, 0.1) is 18.2 Å². The summed E-state index contributed by atoms with van der Waals surface area (Å²) in [5, 5.41) is 18.1. The van der Waals surface area contributed by atoms with Gasteiger partial charge in [-0.3, -0.25) is 4.90 Å². The van der Waals surface area contributed by atoms with E-state index in [1.807, 2.05) is 13.2 Å². The van der Waals surface area contributed by atoms with Gasteiger partial charge in [-0.2, -0.15) is 10.5 Å². The molecule has 0 amide bonds. The van der Waals surface area contributed by atoms with E-state index in [-0.39, 0.29) is 10.8 Å². The molecule has 0 bridgehead atoms. The van der Waals surface area contributed by atoms with E-state index < -0.39 is 0 Å². The van der Waals surface area contributed by atoms with Crippen molar-refractivity contribution in [2.75, 3.05) is 19.3 Å². The molecule has 1 saturated heterocycles. The summed E-state index contributed by atoms with van der Waals surface area (Å²) in [4.78, 5) is 2.20. The lowest BCUT2D eigenvalue weighted by atomic mass is 9.96. The predicted octanol–water partition coefficient (Wildman–Crippen LogP) is 2.01.